The molecular weight excluding hydrogens is 358 g/mol. The van der Waals surface area contributed by atoms with Crippen molar-refractivity contribution < 1.29 is 4.79 Å². The first-order valence-electron chi connectivity index (χ1n) is 9.45. The quantitative estimate of drug-likeness (QED) is 0.748. The first-order valence-corrected chi connectivity index (χ1v) is 10.3. The van der Waals surface area contributed by atoms with E-state index in [1.165, 1.54) is 10.3 Å². The number of carbonyl (C=O) groups is 1. The van der Waals surface area contributed by atoms with E-state index in [1.807, 2.05) is 7.05 Å². The minimum atomic E-state index is -0.0543. The number of nitrogens with one attached hydrogen (secondary N) is 1. The van der Waals surface area contributed by atoms with Crippen molar-refractivity contribution >= 4 is 32.6 Å². The van der Waals surface area contributed by atoms with Crippen molar-refractivity contribution in [1.29, 1.82) is 0 Å². The summed E-state index contributed by atoms with van der Waals surface area (Å²) in [7, 11) is 1.82. The van der Waals surface area contributed by atoms with E-state index in [4.69, 9.17) is 4.98 Å². The topological polar surface area (TPSA) is 63.1 Å². The normalized spacial score (nSPS) is 17.6. The molecule has 1 aliphatic rings. The molecule has 3 aromatic rings. The van der Waals surface area contributed by atoms with E-state index in [9.17, 15) is 4.79 Å². The van der Waals surface area contributed by atoms with E-state index in [1.54, 1.807) is 28.4 Å². The second kappa shape index (κ2) is 7.31. The molecule has 1 amide bonds. The van der Waals surface area contributed by atoms with Crippen molar-refractivity contribution in [3.63, 3.8) is 0 Å². The minimum Gasteiger partial charge on any atom is -0.347 e. The Morgan fingerprint density at radius 3 is 2.96 bits per heavy atom. The minimum absolute atomic E-state index is 0.0543. The molecule has 0 bridgehead atoms. The zero-order valence-electron chi connectivity index (χ0n) is 16.0. The van der Waals surface area contributed by atoms with Crippen LogP contribution in [0.3, 0.4) is 0 Å². The number of nitrogens with zero attached hydrogens (tertiary/aromatic N) is 4. The van der Waals surface area contributed by atoms with Crippen LogP contribution >= 0.6 is 11.3 Å². The highest BCUT2D eigenvalue weighted by Gasteiger charge is 2.25. The number of para-hydroxylation sites is 1. The molecule has 142 valence electrons. The zero-order valence-corrected chi connectivity index (χ0v) is 16.8. The molecule has 1 aliphatic heterocycles. The summed E-state index contributed by atoms with van der Waals surface area (Å²) < 4.78 is 2.88. The molecule has 2 aromatic heterocycles. The Morgan fingerprint density at radius 1 is 1.37 bits per heavy atom. The van der Waals surface area contributed by atoms with Crippen LogP contribution in [0.25, 0.3) is 10.2 Å². The van der Waals surface area contributed by atoms with Crippen LogP contribution in [-0.4, -0.2) is 39.8 Å². The average molecular weight is 384 g/mol. The van der Waals surface area contributed by atoms with Gasteiger partial charge < -0.3 is 10.2 Å². The van der Waals surface area contributed by atoms with Crippen LogP contribution in [0, 0.1) is 0 Å². The monoisotopic (exact) mass is 383 g/mol. The standard InChI is InChI=1S/C20H25N5OS/c1-13(2)16-7-4-8-17-18(16)23-20(27-17)25-9-5-6-15(12-25)22-19(26)14-10-21-24(3)11-14/h4,7-8,10-11,13,15H,5-6,9,12H2,1-3H3,(H,22,26). The lowest BCUT2D eigenvalue weighted by molar-refractivity contribution is 0.0933. The van der Waals surface area contributed by atoms with E-state index in [0.29, 0.717) is 11.5 Å². The maximum atomic E-state index is 12.4. The van der Waals surface area contributed by atoms with Gasteiger partial charge in [-0.1, -0.05) is 37.3 Å². The fraction of sp³-hybridized carbons (Fsp3) is 0.450. The molecule has 0 radical (unpaired) electrons. The first kappa shape index (κ1) is 18.0. The lowest BCUT2D eigenvalue weighted by atomic mass is 10.0. The third kappa shape index (κ3) is 3.69. The summed E-state index contributed by atoms with van der Waals surface area (Å²) in [6.07, 6.45) is 5.39. The highest BCUT2D eigenvalue weighted by atomic mass is 32.1. The maximum absolute atomic E-state index is 12.4. The Morgan fingerprint density at radius 2 is 2.22 bits per heavy atom. The van der Waals surface area contributed by atoms with Crippen LogP contribution in [0.5, 0.6) is 0 Å². The molecule has 1 N–H and O–H groups in total. The molecule has 7 heteroatoms. The van der Waals surface area contributed by atoms with Crippen LogP contribution in [0.2, 0.25) is 0 Å². The number of hydrogen-bond donors (Lipinski definition) is 1. The molecule has 0 aliphatic carbocycles. The Balaban J connectivity index is 1.50. The van der Waals surface area contributed by atoms with Crippen LogP contribution in [0.15, 0.2) is 30.6 Å². The molecule has 6 nitrogen and oxygen atoms in total. The van der Waals surface area contributed by atoms with Crippen molar-refractivity contribution in [2.24, 2.45) is 7.05 Å². The summed E-state index contributed by atoms with van der Waals surface area (Å²) >= 11 is 1.74. The molecule has 0 spiro atoms. The SMILES string of the molecule is CC(C)c1cccc2sc(N3CCCC(NC(=O)c4cnn(C)c4)C3)nc12. The van der Waals surface area contributed by atoms with Crippen LogP contribution in [-0.2, 0) is 7.05 Å². The van der Waals surface area contributed by atoms with Gasteiger partial charge in [0.25, 0.3) is 5.91 Å². The molecule has 3 heterocycles. The molecule has 1 aromatic carbocycles. The van der Waals surface area contributed by atoms with Gasteiger partial charge in [0.1, 0.15) is 0 Å². The van der Waals surface area contributed by atoms with Gasteiger partial charge in [0.05, 0.1) is 22.0 Å². The highest BCUT2D eigenvalue weighted by molar-refractivity contribution is 7.22. The fourth-order valence-corrected chi connectivity index (χ4v) is 4.67. The fourth-order valence-electron chi connectivity index (χ4n) is 3.64. The highest BCUT2D eigenvalue weighted by Crippen LogP contribution is 2.34. The molecular formula is C20H25N5OS. The number of fused-ring (bicyclic) bond motifs is 1. The summed E-state index contributed by atoms with van der Waals surface area (Å²) in [5, 5.41) is 8.29. The van der Waals surface area contributed by atoms with E-state index in [2.05, 4.69) is 47.4 Å². The van der Waals surface area contributed by atoms with Gasteiger partial charge in [0.15, 0.2) is 5.13 Å². The van der Waals surface area contributed by atoms with Gasteiger partial charge in [0, 0.05) is 32.4 Å². The molecule has 1 saturated heterocycles. The Bertz CT molecular complexity index is 960. The number of rotatable bonds is 4. The van der Waals surface area contributed by atoms with Crippen LogP contribution in [0.1, 0.15) is 48.5 Å². The predicted molar refractivity (Wildman–Crippen MR) is 110 cm³/mol. The van der Waals surface area contributed by atoms with Crippen LogP contribution < -0.4 is 10.2 Å². The molecule has 0 saturated carbocycles. The summed E-state index contributed by atoms with van der Waals surface area (Å²) in [5.41, 5.74) is 3.03. The predicted octanol–water partition coefficient (Wildman–Crippen LogP) is 3.55. The summed E-state index contributed by atoms with van der Waals surface area (Å²) in [6.45, 7) is 6.19. The van der Waals surface area contributed by atoms with Crippen molar-refractivity contribution in [2.75, 3.05) is 18.0 Å². The summed E-state index contributed by atoms with van der Waals surface area (Å²) in [6, 6.07) is 6.56. The first-order chi connectivity index (χ1) is 13.0. The van der Waals surface area contributed by atoms with Gasteiger partial charge in [0.2, 0.25) is 0 Å². The second-order valence-corrected chi connectivity index (χ2v) is 8.52. The maximum Gasteiger partial charge on any atom is 0.254 e. The number of aryl methyl sites for hydroxylation is 1. The van der Waals surface area contributed by atoms with Gasteiger partial charge >= 0.3 is 0 Å². The van der Waals surface area contributed by atoms with E-state index >= 15 is 0 Å². The number of aromatic nitrogens is 3. The molecule has 4 rings (SSSR count). The lowest BCUT2D eigenvalue weighted by Gasteiger charge is -2.32. The van der Waals surface area contributed by atoms with E-state index in [-0.39, 0.29) is 11.9 Å². The largest absolute Gasteiger partial charge is 0.347 e. The third-order valence-corrected chi connectivity index (χ3v) is 6.14. The number of carbonyl (C=O) groups excluding carboxylic acids is 1. The zero-order chi connectivity index (χ0) is 19.0. The number of anilines is 1. The van der Waals surface area contributed by atoms with Crippen LogP contribution in [0.4, 0.5) is 5.13 Å². The average Bonchev–Trinajstić information content (AvgIpc) is 3.27. The van der Waals surface area contributed by atoms with Gasteiger partial charge in [-0.2, -0.15) is 5.10 Å². The number of thiazole rings is 1. The lowest BCUT2D eigenvalue weighted by Crippen LogP contribution is -2.47. The van der Waals surface area contributed by atoms with Gasteiger partial charge in [-0.15, -0.1) is 0 Å². The van der Waals surface area contributed by atoms with Crippen molar-refractivity contribution in [1.82, 2.24) is 20.1 Å². The van der Waals surface area contributed by atoms with Crippen molar-refractivity contribution in [3.8, 4) is 0 Å². The van der Waals surface area contributed by atoms with E-state index < -0.39 is 0 Å². The summed E-state index contributed by atoms with van der Waals surface area (Å²) in [4.78, 5) is 19.7. The number of piperidine rings is 1. The van der Waals surface area contributed by atoms with Crippen molar-refractivity contribution in [3.05, 3.63) is 41.7 Å². The van der Waals surface area contributed by atoms with E-state index in [0.717, 1.165) is 36.6 Å². The van der Waals surface area contributed by atoms with Gasteiger partial charge in [-0.25, -0.2) is 4.98 Å². The number of hydrogen-bond acceptors (Lipinski definition) is 5. The smallest absolute Gasteiger partial charge is 0.254 e. The van der Waals surface area contributed by atoms with Gasteiger partial charge in [-0.05, 0) is 30.4 Å². The number of amides is 1. The number of benzene rings is 1. The molecule has 1 fully saturated rings. The third-order valence-electron chi connectivity index (χ3n) is 5.06. The second-order valence-electron chi connectivity index (χ2n) is 7.51. The Kier molecular flexibility index (Phi) is 4.86. The molecule has 1 atom stereocenters. The Labute approximate surface area is 163 Å². The summed E-state index contributed by atoms with van der Waals surface area (Å²) in [5.74, 6) is 0.401. The molecule has 27 heavy (non-hydrogen) atoms. The van der Waals surface area contributed by atoms with Gasteiger partial charge in [-0.3, -0.25) is 9.48 Å². The van der Waals surface area contributed by atoms with Crippen molar-refractivity contribution in [2.45, 2.75) is 38.6 Å². The Hall–Kier alpha value is -2.41. The molecule has 1 unspecified atom stereocenters.